The summed E-state index contributed by atoms with van der Waals surface area (Å²) in [5.41, 5.74) is -0.710. The largest absolute Gasteiger partial charge is 0.489 e. The zero-order valence-electron chi connectivity index (χ0n) is 13.0. The normalized spacial score (nSPS) is 12.4. The van der Waals surface area contributed by atoms with Crippen molar-refractivity contribution in [3.63, 3.8) is 0 Å². The molecular formula is C15H20ClNO5. The van der Waals surface area contributed by atoms with Crippen molar-refractivity contribution in [2.75, 3.05) is 13.7 Å². The number of carbonyl (C=O) groups excluding carboxylic acids is 1. The van der Waals surface area contributed by atoms with Crippen molar-refractivity contribution in [1.82, 2.24) is 4.90 Å². The highest BCUT2D eigenvalue weighted by Gasteiger charge is 2.30. The number of para-hydroxylation sites is 1. The van der Waals surface area contributed by atoms with Crippen LogP contribution >= 0.6 is 11.6 Å². The highest BCUT2D eigenvalue weighted by molar-refractivity contribution is 6.32. The number of amides is 1. The summed E-state index contributed by atoms with van der Waals surface area (Å²) >= 11 is 5.94. The first-order chi connectivity index (χ1) is 10.1. The number of halogens is 1. The minimum absolute atomic E-state index is 0.241. The fraction of sp³-hybridized carbons (Fsp3) is 0.467. The van der Waals surface area contributed by atoms with Gasteiger partial charge in [-0.05, 0) is 32.9 Å². The Balaban J connectivity index is 2.75. The molecule has 1 N–H and O–H groups in total. The van der Waals surface area contributed by atoms with Gasteiger partial charge >= 0.3 is 12.1 Å². The van der Waals surface area contributed by atoms with Crippen LogP contribution in [0.5, 0.6) is 5.75 Å². The van der Waals surface area contributed by atoms with Crippen LogP contribution in [0, 0.1) is 0 Å². The molecule has 1 rings (SSSR count). The topological polar surface area (TPSA) is 76.1 Å². The third kappa shape index (κ3) is 5.44. The highest BCUT2D eigenvalue weighted by atomic mass is 35.5. The van der Waals surface area contributed by atoms with Gasteiger partial charge in [-0.2, -0.15) is 0 Å². The molecule has 0 aliphatic carbocycles. The quantitative estimate of drug-likeness (QED) is 0.898. The monoisotopic (exact) mass is 329 g/mol. The summed E-state index contributed by atoms with van der Waals surface area (Å²) in [6.45, 7) is 4.87. The van der Waals surface area contributed by atoms with Crippen molar-refractivity contribution in [2.24, 2.45) is 0 Å². The fourth-order valence-corrected chi connectivity index (χ4v) is 1.73. The average molecular weight is 330 g/mol. The molecule has 1 aromatic carbocycles. The number of ether oxygens (including phenoxy) is 2. The van der Waals surface area contributed by atoms with Crippen LogP contribution in [0.3, 0.4) is 0 Å². The van der Waals surface area contributed by atoms with Crippen LogP contribution in [-0.4, -0.2) is 47.4 Å². The molecule has 1 atom stereocenters. The first-order valence-electron chi connectivity index (χ1n) is 6.68. The fourth-order valence-electron chi connectivity index (χ4n) is 1.54. The summed E-state index contributed by atoms with van der Waals surface area (Å²) < 4.78 is 10.5. The molecule has 0 bridgehead atoms. The van der Waals surface area contributed by atoms with Crippen LogP contribution < -0.4 is 4.74 Å². The van der Waals surface area contributed by atoms with E-state index < -0.39 is 23.7 Å². The molecule has 0 aliphatic heterocycles. The SMILES string of the molecule is CN(C(=O)OC(C)(C)C)[C@@H](COc1ccccc1Cl)C(=O)O. The van der Waals surface area contributed by atoms with Crippen molar-refractivity contribution in [3.05, 3.63) is 29.3 Å². The Hall–Kier alpha value is -1.95. The molecular weight excluding hydrogens is 310 g/mol. The van der Waals surface area contributed by atoms with Gasteiger partial charge in [0.15, 0.2) is 6.04 Å². The second kappa shape index (κ2) is 7.35. The molecule has 122 valence electrons. The zero-order chi connectivity index (χ0) is 16.9. The van der Waals surface area contributed by atoms with Crippen molar-refractivity contribution in [3.8, 4) is 5.75 Å². The number of likely N-dealkylation sites (N-methyl/N-ethyl adjacent to an activating group) is 1. The molecule has 0 fully saturated rings. The van der Waals surface area contributed by atoms with Gasteiger partial charge in [0.25, 0.3) is 0 Å². The van der Waals surface area contributed by atoms with Crippen LogP contribution in [0.15, 0.2) is 24.3 Å². The van der Waals surface area contributed by atoms with Gasteiger partial charge in [-0.3, -0.25) is 4.90 Å². The van der Waals surface area contributed by atoms with Crippen LogP contribution in [-0.2, 0) is 9.53 Å². The summed E-state index contributed by atoms with van der Waals surface area (Å²) in [4.78, 5) is 24.3. The molecule has 0 heterocycles. The molecule has 22 heavy (non-hydrogen) atoms. The molecule has 1 amide bonds. The van der Waals surface area contributed by atoms with E-state index in [-0.39, 0.29) is 6.61 Å². The number of carboxylic acids is 1. The van der Waals surface area contributed by atoms with E-state index in [1.807, 2.05) is 0 Å². The lowest BCUT2D eigenvalue weighted by Gasteiger charge is -2.28. The lowest BCUT2D eigenvalue weighted by Crippen LogP contribution is -2.47. The number of nitrogens with zero attached hydrogens (tertiary/aromatic N) is 1. The highest BCUT2D eigenvalue weighted by Crippen LogP contribution is 2.23. The number of carbonyl (C=O) groups is 2. The lowest BCUT2D eigenvalue weighted by atomic mass is 10.2. The van der Waals surface area contributed by atoms with Gasteiger partial charge in [0.2, 0.25) is 0 Å². The Bertz CT molecular complexity index is 541. The van der Waals surface area contributed by atoms with Gasteiger partial charge in [-0.1, -0.05) is 23.7 Å². The molecule has 0 aromatic heterocycles. The van der Waals surface area contributed by atoms with E-state index in [4.69, 9.17) is 21.1 Å². The molecule has 0 spiro atoms. The van der Waals surface area contributed by atoms with Gasteiger partial charge in [-0.15, -0.1) is 0 Å². The molecule has 1 aromatic rings. The minimum atomic E-state index is -1.19. The molecule has 0 saturated heterocycles. The van der Waals surface area contributed by atoms with E-state index in [0.29, 0.717) is 10.8 Å². The zero-order valence-corrected chi connectivity index (χ0v) is 13.8. The maximum absolute atomic E-state index is 11.9. The average Bonchev–Trinajstić information content (AvgIpc) is 2.38. The first-order valence-corrected chi connectivity index (χ1v) is 7.05. The Morgan fingerprint density at radius 2 is 1.91 bits per heavy atom. The van der Waals surface area contributed by atoms with Gasteiger partial charge in [0.05, 0.1) is 5.02 Å². The summed E-state index contributed by atoms with van der Waals surface area (Å²) in [5.74, 6) is -0.839. The maximum atomic E-state index is 11.9. The number of benzene rings is 1. The van der Waals surface area contributed by atoms with E-state index in [1.54, 1.807) is 45.0 Å². The molecule has 0 aliphatic rings. The number of hydrogen-bond donors (Lipinski definition) is 1. The van der Waals surface area contributed by atoms with Gasteiger partial charge in [0.1, 0.15) is 18.0 Å². The second-order valence-electron chi connectivity index (χ2n) is 5.69. The standard InChI is InChI=1S/C15H20ClNO5/c1-15(2,3)22-14(20)17(4)11(13(18)19)9-21-12-8-6-5-7-10(12)16/h5-8,11H,9H2,1-4H3,(H,18,19)/t11-/m0/s1. The molecule has 7 heteroatoms. The maximum Gasteiger partial charge on any atom is 0.410 e. The van der Waals surface area contributed by atoms with Crippen LogP contribution in [0.25, 0.3) is 0 Å². The second-order valence-corrected chi connectivity index (χ2v) is 6.09. The summed E-state index contributed by atoms with van der Waals surface area (Å²) in [5, 5.41) is 9.64. The first kappa shape index (κ1) is 18.1. The predicted molar refractivity (Wildman–Crippen MR) is 82.4 cm³/mol. The third-order valence-electron chi connectivity index (χ3n) is 2.67. The summed E-state index contributed by atoms with van der Waals surface area (Å²) in [6, 6.07) is 5.51. The molecule has 0 radical (unpaired) electrons. The summed E-state index contributed by atoms with van der Waals surface area (Å²) in [7, 11) is 1.35. The Morgan fingerprint density at radius 3 is 2.41 bits per heavy atom. The Labute approximate surface area is 134 Å². The number of aliphatic carboxylic acids is 1. The van der Waals surface area contributed by atoms with Crippen LogP contribution in [0.1, 0.15) is 20.8 Å². The van der Waals surface area contributed by atoms with E-state index in [2.05, 4.69) is 0 Å². The smallest absolute Gasteiger partial charge is 0.410 e. The van der Waals surface area contributed by atoms with Gasteiger partial charge in [0, 0.05) is 7.05 Å². The van der Waals surface area contributed by atoms with Crippen molar-refractivity contribution in [1.29, 1.82) is 0 Å². The van der Waals surface area contributed by atoms with Crippen LogP contribution in [0.2, 0.25) is 5.02 Å². The lowest BCUT2D eigenvalue weighted by molar-refractivity contribution is -0.143. The predicted octanol–water partition coefficient (Wildman–Crippen LogP) is 3.04. The molecule has 0 unspecified atom stereocenters. The van der Waals surface area contributed by atoms with Crippen LogP contribution in [0.4, 0.5) is 4.79 Å². The van der Waals surface area contributed by atoms with E-state index in [0.717, 1.165) is 4.90 Å². The molecule has 0 saturated carbocycles. The summed E-state index contributed by atoms with van der Waals surface area (Å²) in [6.07, 6.45) is -0.734. The van der Waals surface area contributed by atoms with E-state index in [9.17, 15) is 14.7 Å². The van der Waals surface area contributed by atoms with Crippen molar-refractivity contribution >= 4 is 23.7 Å². The Morgan fingerprint density at radius 1 is 1.32 bits per heavy atom. The number of rotatable bonds is 5. The van der Waals surface area contributed by atoms with Gasteiger partial charge in [-0.25, -0.2) is 9.59 Å². The van der Waals surface area contributed by atoms with Crippen molar-refractivity contribution in [2.45, 2.75) is 32.4 Å². The molecule has 6 nitrogen and oxygen atoms in total. The third-order valence-corrected chi connectivity index (χ3v) is 2.98. The van der Waals surface area contributed by atoms with Gasteiger partial charge < -0.3 is 14.6 Å². The van der Waals surface area contributed by atoms with Crippen molar-refractivity contribution < 1.29 is 24.2 Å². The van der Waals surface area contributed by atoms with E-state index in [1.165, 1.54) is 7.05 Å². The Kier molecular flexibility index (Phi) is 6.05. The number of carboxylic acid groups (broad SMARTS) is 1. The van der Waals surface area contributed by atoms with E-state index >= 15 is 0 Å². The number of hydrogen-bond acceptors (Lipinski definition) is 4. The minimum Gasteiger partial charge on any atom is -0.489 e.